The Morgan fingerprint density at radius 1 is 1.36 bits per heavy atom. The van der Waals surface area contributed by atoms with Crippen LogP contribution >= 0.6 is 0 Å². The summed E-state index contributed by atoms with van der Waals surface area (Å²) in [5.74, 6) is 0.832. The number of hydrogen-bond donors (Lipinski definition) is 0. The van der Waals surface area contributed by atoms with E-state index in [1.165, 1.54) is 0 Å². The van der Waals surface area contributed by atoms with Crippen molar-refractivity contribution in [3.05, 3.63) is 35.2 Å². The van der Waals surface area contributed by atoms with Gasteiger partial charge in [-0.2, -0.15) is 0 Å². The van der Waals surface area contributed by atoms with Crippen molar-refractivity contribution in [3.8, 4) is 0 Å². The highest BCUT2D eigenvalue weighted by atomic mass is 16.5. The van der Waals surface area contributed by atoms with Crippen molar-refractivity contribution >= 4 is 5.91 Å². The van der Waals surface area contributed by atoms with E-state index in [1.807, 2.05) is 36.4 Å². The molecule has 2 aromatic rings. The topological polar surface area (TPSA) is 65.2 Å². The third-order valence-corrected chi connectivity index (χ3v) is 5.13. The molecule has 0 spiro atoms. The number of carbonyl (C=O) groups excluding carboxylic acids is 1. The van der Waals surface area contributed by atoms with E-state index < -0.39 is 0 Å². The summed E-state index contributed by atoms with van der Waals surface area (Å²) >= 11 is 0. The van der Waals surface area contributed by atoms with E-state index in [2.05, 4.69) is 28.6 Å². The van der Waals surface area contributed by atoms with Gasteiger partial charge in [0.25, 0.3) is 5.91 Å². The predicted molar refractivity (Wildman–Crippen MR) is 94.5 cm³/mol. The predicted octanol–water partition coefficient (Wildman–Crippen LogP) is 2.42. The number of carbonyl (C=O) groups is 1. The zero-order chi connectivity index (χ0) is 18.3. The average Bonchev–Trinajstić information content (AvgIpc) is 3.23. The first-order chi connectivity index (χ1) is 11.8. The van der Waals surface area contributed by atoms with E-state index in [1.54, 1.807) is 13.4 Å². The maximum atomic E-state index is 13.3. The molecule has 0 bridgehead atoms. The Labute approximate surface area is 148 Å². The molecule has 0 N–H and O–H groups in total. The molecule has 2 atom stereocenters. The number of ether oxygens (including phenoxy) is 1. The number of hydrogen-bond acceptors (Lipinski definition) is 4. The minimum Gasteiger partial charge on any atom is -0.380 e. The van der Waals surface area contributed by atoms with Gasteiger partial charge >= 0.3 is 0 Å². The van der Waals surface area contributed by atoms with Crippen molar-refractivity contribution in [2.45, 2.75) is 52.3 Å². The maximum absolute atomic E-state index is 13.3. The molecule has 0 saturated carbocycles. The second-order valence-electron chi connectivity index (χ2n) is 7.12. The van der Waals surface area contributed by atoms with Crippen LogP contribution in [0.4, 0.5) is 0 Å². The van der Waals surface area contributed by atoms with Gasteiger partial charge in [0.05, 0.1) is 17.7 Å². The molecule has 1 fully saturated rings. The lowest BCUT2D eigenvalue weighted by Crippen LogP contribution is -2.33. The Morgan fingerprint density at radius 2 is 2.08 bits per heavy atom. The van der Waals surface area contributed by atoms with Crippen LogP contribution < -0.4 is 0 Å². The molecular weight excluding hydrogens is 318 g/mol. The van der Waals surface area contributed by atoms with Crippen LogP contribution in [0.2, 0.25) is 0 Å². The highest BCUT2D eigenvalue weighted by molar-refractivity contribution is 5.96. The second kappa shape index (κ2) is 6.63. The van der Waals surface area contributed by atoms with Crippen molar-refractivity contribution in [1.29, 1.82) is 0 Å². The number of rotatable bonds is 4. The normalized spacial score (nSPS) is 20.7. The number of likely N-dealkylation sites (tertiary alicyclic amines) is 1. The van der Waals surface area contributed by atoms with Gasteiger partial charge in [0.2, 0.25) is 0 Å². The fourth-order valence-corrected chi connectivity index (χ4v) is 3.97. The molecule has 1 aliphatic heterocycles. The van der Waals surface area contributed by atoms with Gasteiger partial charge in [-0.05, 0) is 33.8 Å². The first-order valence-electron chi connectivity index (χ1n) is 8.71. The van der Waals surface area contributed by atoms with Crippen molar-refractivity contribution in [1.82, 2.24) is 24.2 Å². The smallest absolute Gasteiger partial charge is 0.256 e. The summed E-state index contributed by atoms with van der Waals surface area (Å²) in [6, 6.07) is 2.19. The standard InChI is InChI=1S/C18H27N5O2/c1-11(2)23-12(3)7-15(13(23)4)18(24)22-9-14(25-6)8-16(22)17-20-19-10-21(17)5/h7,10-11,14,16H,8-9H2,1-6H3/t14-,16+/m1/s1. The number of aryl methyl sites for hydroxylation is 2. The molecule has 0 aliphatic carbocycles. The summed E-state index contributed by atoms with van der Waals surface area (Å²) in [7, 11) is 3.60. The lowest BCUT2D eigenvalue weighted by atomic mass is 10.1. The van der Waals surface area contributed by atoms with E-state index in [4.69, 9.17) is 4.74 Å². The molecule has 7 nitrogen and oxygen atoms in total. The molecule has 2 aromatic heterocycles. The molecule has 25 heavy (non-hydrogen) atoms. The quantitative estimate of drug-likeness (QED) is 0.853. The number of aromatic nitrogens is 4. The molecule has 136 valence electrons. The monoisotopic (exact) mass is 345 g/mol. The Kier molecular flexibility index (Phi) is 4.69. The molecule has 0 unspecified atom stereocenters. The molecule has 3 rings (SSSR count). The molecule has 3 heterocycles. The largest absolute Gasteiger partial charge is 0.380 e. The Hall–Kier alpha value is -2.15. The van der Waals surface area contributed by atoms with Crippen LogP contribution in [0.1, 0.15) is 59.9 Å². The van der Waals surface area contributed by atoms with E-state index in [9.17, 15) is 4.79 Å². The van der Waals surface area contributed by atoms with Crippen LogP contribution in [0, 0.1) is 13.8 Å². The van der Waals surface area contributed by atoms with Gasteiger partial charge in [-0.15, -0.1) is 10.2 Å². The van der Waals surface area contributed by atoms with E-state index in [0.717, 1.165) is 29.2 Å². The zero-order valence-corrected chi connectivity index (χ0v) is 15.9. The number of nitrogens with zero attached hydrogens (tertiary/aromatic N) is 5. The minimum atomic E-state index is -0.118. The zero-order valence-electron chi connectivity index (χ0n) is 15.9. The Balaban J connectivity index is 1.97. The van der Waals surface area contributed by atoms with Gasteiger partial charge < -0.3 is 18.8 Å². The van der Waals surface area contributed by atoms with Crippen LogP contribution in [-0.4, -0.2) is 49.9 Å². The van der Waals surface area contributed by atoms with E-state index >= 15 is 0 Å². The molecule has 1 aliphatic rings. The van der Waals surface area contributed by atoms with Gasteiger partial charge in [-0.3, -0.25) is 4.79 Å². The third kappa shape index (κ3) is 2.97. The summed E-state index contributed by atoms with van der Waals surface area (Å²) in [4.78, 5) is 15.2. The molecule has 0 radical (unpaired) electrons. The van der Waals surface area contributed by atoms with Crippen LogP contribution in [0.25, 0.3) is 0 Å². The molecule has 1 amide bonds. The average molecular weight is 345 g/mol. The fraction of sp³-hybridized carbons (Fsp3) is 0.611. The first kappa shape index (κ1) is 17.7. The minimum absolute atomic E-state index is 0.0132. The lowest BCUT2D eigenvalue weighted by molar-refractivity contribution is 0.0682. The summed E-state index contributed by atoms with van der Waals surface area (Å²) in [5, 5.41) is 8.20. The van der Waals surface area contributed by atoms with Crippen molar-refractivity contribution in [2.24, 2.45) is 7.05 Å². The summed E-state index contributed by atoms with van der Waals surface area (Å²) in [6.45, 7) is 8.90. The van der Waals surface area contributed by atoms with Gasteiger partial charge in [-0.25, -0.2) is 0 Å². The van der Waals surface area contributed by atoms with E-state index in [0.29, 0.717) is 12.6 Å². The highest BCUT2D eigenvalue weighted by Crippen LogP contribution is 2.34. The Bertz CT molecular complexity index is 777. The van der Waals surface area contributed by atoms with Gasteiger partial charge in [0, 0.05) is 44.6 Å². The van der Waals surface area contributed by atoms with Crippen LogP contribution in [0.5, 0.6) is 0 Å². The van der Waals surface area contributed by atoms with Gasteiger partial charge in [0.1, 0.15) is 6.33 Å². The highest BCUT2D eigenvalue weighted by Gasteiger charge is 2.39. The number of methoxy groups -OCH3 is 1. The van der Waals surface area contributed by atoms with Gasteiger partial charge in [0.15, 0.2) is 5.82 Å². The summed E-state index contributed by atoms with van der Waals surface area (Å²) in [5.41, 5.74) is 2.87. The van der Waals surface area contributed by atoms with Crippen LogP contribution in [0.15, 0.2) is 12.4 Å². The first-order valence-corrected chi connectivity index (χ1v) is 8.71. The summed E-state index contributed by atoms with van der Waals surface area (Å²) in [6.07, 6.45) is 2.42. The lowest BCUT2D eigenvalue weighted by Gasteiger charge is -2.24. The molecule has 7 heteroatoms. The summed E-state index contributed by atoms with van der Waals surface area (Å²) < 4.78 is 9.61. The molecule has 0 aromatic carbocycles. The number of amides is 1. The second-order valence-corrected chi connectivity index (χ2v) is 7.12. The molecular formula is C18H27N5O2. The maximum Gasteiger partial charge on any atom is 0.256 e. The van der Waals surface area contributed by atoms with Crippen LogP contribution in [0.3, 0.4) is 0 Å². The third-order valence-electron chi connectivity index (χ3n) is 5.13. The fourth-order valence-electron chi connectivity index (χ4n) is 3.97. The van der Waals surface area contributed by atoms with Gasteiger partial charge in [-0.1, -0.05) is 0 Å². The SMILES string of the molecule is CO[C@@H]1C[C@@H](c2nncn2C)N(C(=O)c2cc(C)n(C(C)C)c2C)C1. The van der Waals surface area contributed by atoms with Crippen molar-refractivity contribution in [3.63, 3.8) is 0 Å². The van der Waals surface area contributed by atoms with Crippen molar-refractivity contribution in [2.75, 3.05) is 13.7 Å². The van der Waals surface area contributed by atoms with Crippen LogP contribution in [-0.2, 0) is 11.8 Å². The Morgan fingerprint density at radius 3 is 2.60 bits per heavy atom. The molecule has 1 saturated heterocycles. The van der Waals surface area contributed by atoms with E-state index in [-0.39, 0.29) is 18.1 Å². The van der Waals surface area contributed by atoms with Crippen molar-refractivity contribution < 1.29 is 9.53 Å².